The van der Waals surface area contributed by atoms with E-state index in [1.54, 1.807) is 25.6 Å². The summed E-state index contributed by atoms with van der Waals surface area (Å²) in [4.78, 5) is 18.9. The smallest absolute Gasteiger partial charge is 0.253 e. The van der Waals surface area contributed by atoms with E-state index in [0.717, 1.165) is 27.2 Å². The molecule has 0 radical (unpaired) electrons. The number of thiocarbonyl (C=S) groups is 1. The fraction of sp³-hybridized carbons (Fsp3) is 0.167. The second-order valence-corrected chi connectivity index (χ2v) is 8.56. The quantitative estimate of drug-likeness (QED) is 0.374. The fourth-order valence-electron chi connectivity index (χ4n) is 3.41. The zero-order valence-electron chi connectivity index (χ0n) is 17.8. The predicted octanol–water partition coefficient (Wildman–Crippen LogP) is 5.01. The zero-order valence-corrected chi connectivity index (χ0v) is 19.4. The number of aromatic amines is 1. The molecule has 0 fully saturated rings. The van der Waals surface area contributed by atoms with Gasteiger partial charge in [0, 0.05) is 21.3 Å². The molecule has 0 saturated carbocycles. The van der Waals surface area contributed by atoms with Crippen LogP contribution in [-0.2, 0) is 13.1 Å². The number of nitrogens with one attached hydrogen (secondary N) is 2. The van der Waals surface area contributed by atoms with Gasteiger partial charge in [0.2, 0.25) is 0 Å². The largest absolute Gasteiger partial charge is 0.497 e. The number of rotatable bonds is 7. The summed E-state index contributed by atoms with van der Waals surface area (Å²) >= 11 is 7.40. The van der Waals surface area contributed by atoms with Crippen LogP contribution in [-0.4, -0.2) is 29.2 Å². The standard InChI is InChI=1S/C24H23N3O3S2/c1-29-18-9-10-20-16(13-18)12-17(23(28)25-20)14-27(15-19-6-5-11-32-19)24(31)26-21-7-3-4-8-22(21)30-2/h3-13H,14-15H2,1-2H3,(H,25,28)(H,26,31). The van der Waals surface area contributed by atoms with Gasteiger partial charge in [-0.3, -0.25) is 4.79 Å². The molecule has 0 aliphatic heterocycles. The van der Waals surface area contributed by atoms with Crippen molar-refractivity contribution >= 4 is 45.3 Å². The van der Waals surface area contributed by atoms with E-state index < -0.39 is 0 Å². The van der Waals surface area contributed by atoms with Gasteiger partial charge in [-0.05, 0) is 60.1 Å². The van der Waals surface area contributed by atoms with Crippen molar-refractivity contribution in [3.05, 3.63) is 86.8 Å². The minimum atomic E-state index is -0.140. The van der Waals surface area contributed by atoms with Crippen LogP contribution < -0.4 is 20.3 Å². The van der Waals surface area contributed by atoms with Gasteiger partial charge in [-0.15, -0.1) is 11.3 Å². The van der Waals surface area contributed by atoms with Crippen LogP contribution in [0.25, 0.3) is 10.9 Å². The van der Waals surface area contributed by atoms with Gasteiger partial charge >= 0.3 is 0 Å². The monoisotopic (exact) mass is 465 g/mol. The Morgan fingerprint density at radius 1 is 1.06 bits per heavy atom. The van der Waals surface area contributed by atoms with Crippen molar-refractivity contribution in [2.75, 3.05) is 19.5 Å². The molecule has 4 rings (SSSR count). The number of hydrogen-bond acceptors (Lipinski definition) is 5. The molecule has 0 aliphatic rings. The lowest BCUT2D eigenvalue weighted by atomic mass is 10.1. The Hall–Kier alpha value is -3.36. The number of nitrogens with zero attached hydrogens (tertiary/aromatic N) is 1. The maximum Gasteiger partial charge on any atom is 0.253 e. The van der Waals surface area contributed by atoms with Crippen molar-refractivity contribution in [3.63, 3.8) is 0 Å². The molecular formula is C24H23N3O3S2. The number of thiophene rings is 1. The first-order chi connectivity index (χ1) is 15.6. The number of ether oxygens (including phenoxy) is 2. The Morgan fingerprint density at radius 2 is 1.91 bits per heavy atom. The van der Waals surface area contributed by atoms with E-state index >= 15 is 0 Å². The molecule has 2 heterocycles. The Morgan fingerprint density at radius 3 is 2.66 bits per heavy atom. The summed E-state index contributed by atoms with van der Waals surface area (Å²) in [7, 11) is 3.24. The Labute approximate surface area is 195 Å². The van der Waals surface area contributed by atoms with E-state index in [1.807, 2.05) is 64.9 Å². The molecular weight excluding hydrogens is 442 g/mol. The van der Waals surface area contributed by atoms with Crippen LogP contribution in [0.5, 0.6) is 11.5 Å². The van der Waals surface area contributed by atoms with Crippen LogP contribution in [0, 0.1) is 0 Å². The molecule has 0 amide bonds. The van der Waals surface area contributed by atoms with Gasteiger partial charge in [-0.25, -0.2) is 0 Å². The zero-order chi connectivity index (χ0) is 22.5. The van der Waals surface area contributed by atoms with E-state index in [4.69, 9.17) is 21.7 Å². The average Bonchev–Trinajstić information content (AvgIpc) is 3.32. The summed E-state index contributed by atoms with van der Waals surface area (Å²) in [5, 5.41) is 6.71. The molecule has 0 unspecified atom stereocenters. The van der Waals surface area contributed by atoms with E-state index in [0.29, 0.717) is 29.5 Å². The molecule has 0 saturated heterocycles. The molecule has 0 bridgehead atoms. The minimum Gasteiger partial charge on any atom is -0.497 e. The van der Waals surface area contributed by atoms with E-state index in [-0.39, 0.29) is 5.56 Å². The van der Waals surface area contributed by atoms with Crippen molar-refractivity contribution in [2.24, 2.45) is 0 Å². The van der Waals surface area contributed by atoms with Crippen LogP contribution in [0.15, 0.2) is 70.8 Å². The highest BCUT2D eigenvalue weighted by atomic mass is 32.1. The third kappa shape index (κ3) is 4.92. The first-order valence-electron chi connectivity index (χ1n) is 9.98. The van der Waals surface area contributed by atoms with Crippen LogP contribution in [0.3, 0.4) is 0 Å². The SMILES string of the molecule is COc1ccc2[nH]c(=O)c(CN(Cc3cccs3)C(=S)Nc3ccccc3OC)cc2c1. The Balaban J connectivity index is 1.65. The van der Waals surface area contributed by atoms with Gasteiger partial charge < -0.3 is 24.7 Å². The maximum absolute atomic E-state index is 12.8. The van der Waals surface area contributed by atoms with Gasteiger partial charge in [0.05, 0.1) is 33.0 Å². The summed E-state index contributed by atoms with van der Waals surface area (Å²) in [6.45, 7) is 0.926. The molecule has 0 atom stereocenters. The molecule has 32 heavy (non-hydrogen) atoms. The number of anilines is 1. The molecule has 164 valence electrons. The first-order valence-corrected chi connectivity index (χ1v) is 11.3. The highest BCUT2D eigenvalue weighted by Crippen LogP contribution is 2.25. The lowest BCUT2D eigenvalue weighted by Gasteiger charge is -2.26. The highest BCUT2D eigenvalue weighted by molar-refractivity contribution is 7.80. The number of benzene rings is 2. The predicted molar refractivity (Wildman–Crippen MR) is 134 cm³/mol. The summed E-state index contributed by atoms with van der Waals surface area (Å²) < 4.78 is 10.8. The van der Waals surface area contributed by atoms with Gasteiger partial charge in [-0.1, -0.05) is 18.2 Å². The van der Waals surface area contributed by atoms with Crippen LogP contribution in [0.1, 0.15) is 10.4 Å². The molecule has 2 aromatic carbocycles. The lowest BCUT2D eigenvalue weighted by Crippen LogP contribution is -2.35. The average molecular weight is 466 g/mol. The Kier molecular flexibility index (Phi) is 6.72. The van der Waals surface area contributed by atoms with Crippen molar-refractivity contribution < 1.29 is 9.47 Å². The molecule has 2 N–H and O–H groups in total. The third-order valence-corrected chi connectivity index (χ3v) is 6.27. The summed E-state index contributed by atoms with van der Waals surface area (Å²) in [6.07, 6.45) is 0. The van der Waals surface area contributed by atoms with Crippen molar-refractivity contribution in [1.29, 1.82) is 0 Å². The van der Waals surface area contributed by atoms with E-state index in [9.17, 15) is 4.79 Å². The molecule has 6 nitrogen and oxygen atoms in total. The second kappa shape index (κ2) is 9.84. The van der Waals surface area contributed by atoms with E-state index in [2.05, 4.69) is 16.4 Å². The lowest BCUT2D eigenvalue weighted by molar-refractivity contribution is 0.410. The number of pyridine rings is 1. The summed E-state index contributed by atoms with van der Waals surface area (Å²) in [6, 6.07) is 19.1. The number of H-pyrrole nitrogens is 1. The van der Waals surface area contributed by atoms with Crippen LogP contribution in [0.2, 0.25) is 0 Å². The van der Waals surface area contributed by atoms with Gasteiger partial charge in [0.25, 0.3) is 5.56 Å². The number of hydrogen-bond donors (Lipinski definition) is 2. The molecule has 0 aliphatic carbocycles. The van der Waals surface area contributed by atoms with Crippen LogP contribution in [0.4, 0.5) is 5.69 Å². The molecule has 8 heteroatoms. The van der Waals surface area contributed by atoms with Gasteiger partial charge in [0.15, 0.2) is 5.11 Å². The number of fused-ring (bicyclic) bond motifs is 1. The van der Waals surface area contributed by atoms with Gasteiger partial charge in [-0.2, -0.15) is 0 Å². The van der Waals surface area contributed by atoms with Crippen molar-refractivity contribution in [2.45, 2.75) is 13.1 Å². The third-order valence-electron chi connectivity index (χ3n) is 5.05. The Bertz CT molecular complexity index is 1290. The normalized spacial score (nSPS) is 10.7. The highest BCUT2D eigenvalue weighted by Gasteiger charge is 2.16. The first kappa shape index (κ1) is 21.9. The minimum absolute atomic E-state index is 0.140. The number of para-hydroxylation sites is 2. The van der Waals surface area contributed by atoms with E-state index in [1.165, 1.54) is 0 Å². The number of aromatic nitrogens is 1. The summed E-state index contributed by atoms with van der Waals surface area (Å²) in [5.41, 5.74) is 2.01. The van der Waals surface area contributed by atoms with Gasteiger partial charge in [0.1, 0.15) is 11.5 Å². The molecule has 2 aromatic heterocycles. The number of methoxy groups -OCH3 is 2. The summed E-state index contributed by atoms with van der Waals surface area (Å²) in [5.74, 6) is 1.43. The van der Waals surface area contributed by atoms with Crippen LogP contribution >= 0.6 is 23.6 Å². The second-order valence-electron chi connectivity index (χ2n) is 7.14. The molecule has 4 aromatic rings. The topological polar surface area (TPSA) is 66.6 Å². The molecule has 0 spiro atoms. The maximum atomic E-state index is 12.8. The van der Waals surface area contributed by atoms with Crippen molar-refractivity contribution in [1.82, 2.24) is 9.88 Å². The fourth-order valence-corrected chi connectivity index (χ4v) is 4.37. The van der Waals surface area contributed by atoms with Crippen molar-refractivity contribution in [3.8, 4) is 11.5 Å².